The summed E-state index contributed by atoms with van der Waals surface area (Å²) in [6, 6.07) is 5.18. The van der Waals surface area contributed by atoms with Crippen molar-refractivity contribution in [1.82, 2.24) is 9.97 Å². The molecule has 1 heterocycles. The molecule has 1 aromatic heterocycles. The number of anilines is 2. The summed E-state index contributed by atoms with van der Waals surface area (Å²) in [4.78, 5) is 22.9. The predicted molar refractivity (Wildman–Crippen MR) is 97.7 cm³/mol. The number of amides is 1. The van der Waals surface area contributed by atoms with Crippen LogP contribution in [0.5, 0.6) is 11.5 Å². The van der Waals surface area contributed by atoms with Gasteiger partial charge in [-0.05, 0) is 18.6 Å². The van der Waals surface area contributed by atoms with E-state index < -0.39 is 0 Å². The summed E-state index contributed by atoms with van der Waals surface area (Å²) in [5, 5.41) is 2.80. The molecule has 1 N–H and O–H groups in total. The highest BCUT2D eigenvalue weighted by molar-refractivity contribution is 6.04. The minimum atomic E-state index is -0.300. The number of unbranched alkanes of at least 4 members (excludes halogenated alkanes) is 1. The Labute approximate surface area is 148 Å². The summed E-state index contributed by atoms with van der Waals surface area (Å²) in [5.41, 5.74) is 0.933. The zero-order valence-electron chi connectivity index (χ0n) is 15.1. The Bertz CT molecular complexity index is 704. The maximum absolute atomic E-state index is 12.4. The molecule has 0 fully saturated rings. The van der Waals surface area contributed by atoms with Gasteiger partial charge in [0.2, 0.25) is 5.95 Å². The monoisotopic (exact) mass is 344 g/mol. The summed E-state index contributed by atoms with van der Waals surface area (Å²) >= 11 is 0. The average molecular weight is 344 g/mol. The SMILES string of the molecule is CCCCN(C)c1ncc(C(=O)Nc2ccc(OC)cc2OC)cn1. The van der Waals surface area contributed by atoms with Crippen LogP contribution in [0.2, 0.25) is 0 Å². The van der Waals surface area contributed by atoms with E-state index in [1.54, 1.807) is 25.3 Å². The van der Waals surface area contributed by atoms with E-state index in [1.807, 2.05) is 11.9 Å². The molecule has 0 bridgehead atoms. The summed E-state index contributed by atoms with van der Waals surface area (Å²) in [6.45, 7) is 3.01. The van der Waals surface area contributed by atoms with Crippen LogP contribution in [-0.4, -0.2) is 43.7 Å². The Morgan fingerprint density at radius 3 is 2.52 bits per heavy atom. The molecule has 0 saturated carbocycles. The molecule has 2 rings (SSSR count). The van der Waals surface area contributed by atoms with Gasteiger partial charge in [0, 0.05) is 32.1 Å². The fourth-order valence-corrected chi connectivity index (χ4v) is 2.23. The summed E-state index contributed by atoms with van der Waals surface area (Å²) in [7, 11) is 5.05. The van der Waals surface area contributed by atoms with Crippen molar-refractivity contribution >= 4 is 17.5 Å². The average Bonchev–Trinajstić information content (AvgIpc) is 2.66. The smallest absolute Gasteiger partial charge is 0.258 e. The number of nitrogens with zero attached hydrogens (tertiary/aromatic N) is 3. The number of methoxy groups -OCH3 is 2. The van der Waals surface area contributed by atoms with E-state index in [-0.39, 0.29) is 5.91 Å². The number of nitrogens with one attached hydrogen (secondary N) is 1. The van der Waals surface area contributed by atoms with E-state index in [9.17, 15) is 4.79 Å². The first-order chi connectivity index (χ1) is 12.1. The van der Waals surface area contributed by atoms with Gasteiger partial charge in [-0.15, -0.1) is 0 Å². The summed E-state index contributed by atoms with van der Waals surface area (Å²) in [6.07, 6.45) is 5.22. The highest BCUT2D eigenvalue weighted by Crippen LogP contribution is 2.29. The number of benzene rings is 1. The van der Waals surface area contributed by atoms with Crippen LogP contribution in [0, 0.1) is 0 Å². The molecule has 25 heavy (non-hydrogen) atoms. The van der Waals surface area contributed by atoms with E-state index in [0.29, 0.717) is 28.7 Å². The third-order valence-corrected chi connectivity index (χ3v) is 3.75. The molecular weight excluding hydrogens is 320 g/mol. The molecule has 0 aliphatic heterocycles. The Kier molecular flexibility index (Phi) is 6.56. The molecule has 0 unspecified atom stereocenters. The third-order valence-electron chi connectivity index (χ3n) is 3.75. The van der Waals surface area contributed by atoms with Gasteiger partial charge in [0.25, 0.3) is 5.91 Å². The van der Waals surface area contributed by atoms with Gasteiger partial charge < -0.3 is 19.7 Å². The lowest BCUT2D eigenvalue weighted by Crippen LogP contribution is -2.21. The molecular formula is C18H24N4O3. The Morgan fingerprint density at radius 2 is 1.92 bits per heavy atom. The van der Waals surface area contributed by atoms with Crippen molar-refractivity contribution in [1.29, 1.82) is 0 Å². The number of ether oxygens (including phenoxy) is 2. The molecule has 0 saturated heterocycles. The van der Waals surface area contributed by atoms with Crippen molar-refractivity contribution in [3.63, 3.8) is 0 Å². The Hall–Kier alpha value is -2.83. The van der Waals surface area contributed by atoms with Crippen LogP contribution in [0.4, 0.5) is 11.6 Å². The zero-order chi connectivity index (χ0) is 18.2. The van der Waals surface area contributed by atoms with E-state index in [1.165, 1.54) is 19.5 Å². The Morgan fingerprint density at radius 1 is 1.20 bits per heavy atom. The van der Waals surface area contributed by atoms with E-state index >= 15 is 0 Å². The standard InChI is InChI=1S/C18H24N4O3/c1-5-6-9-22(2)18-19-11-13(12-20-18)17(23)21-15-8-7-14(24-3)10-16(15)25-4/h7-8,10-12H,5-6,9H2,1-4H3,(H,21,23). The lowest BCUT2D eigenvalue weighted by molar-refractivity contribution is 0.102. The molecule has 0 radical (unpaired) electrons. The Balaban J connectivity index is 2.08. The second-order valence-electron chi connectivity index (χ2n) is 5.57. The van der Waals surface area contributed by atoms with Gasteiger partial charge >= 0.3 is 0 Å². The fraction of sp³-hybridized carbons (Fsp3) is 0.389. The van der Waals surface area contributed by atoms with Gasteiger partial charge in [-0.2, -0.15) is 0 Å². The number of carbonyl (C=O) groups is 1. The molecule has 1 amide bonds. The molecule has 134 valence electrons. The molecule has 7 heteroatoms. The molecule has 1 aromatic carbocycles. The zero-order valence-corrected chi connectivity index (χ0v) is 15.1. The molecule has 0 aliphatic carbocycles. The van der Waals surface area contributed by atoms with Gasteiger partial charge in [-0.3, -0.25) is 4.79 Å². The van der Waals surface area contributed by atoms with Gasteiger partial charge in [-0.1, -0.05) is 13.3 Å². The first-order valence-electron chi connectivity index (χ1n) is 8.15. The quantitative estimate of drug-likeness (QED) is 0.793. The second kappa shape index (κ2) is 8.86. The second-order valence-corrected chi connectivity index (χ2v) is 5.57. The lowest BCUT2D eigenvalue weighted by atomic mass is 10.2. The number of aromatic nitrogens is 2. The molecule has 7 nitrogen and oxygen atoms in total. The van der Waals surface area contributed by atoms with Crippen molar-refractivity contribution in [3.05, 3.63) is 36.2 Å². The first-order valence-corrected chi connectivity index (χ1v) is 8.15. The third kappa shape index (κ3) is 4.82. The highest BCUT2D eigenvalue weighted by atomic mass is 16.5. The van der Waals surface area contributed by atoms with Gasteiger partial charge in [-0.25, -0.2) is 9.97 Å². The van der Waals surface area contributed by atoms with Crippen LogP contribution < -0.4 is 19.7 Å². The van der Waals surface area contributed by atoms with Gasteiger partial charge in [0.1, 0.15) is 11.5 Å². The molecule has 0 atom stereocenters. The maximum Gasteiger partial charge on any atom is 0.258 e. The number of rotatable bonds is 8. The number of carbonyl (C=O) groups excluding carboxylic acids is 1. The van der Waals surface area contributed by atoms with Crippen molar-refractivity contribution in [3.8, 4) is 11.5 Å². The van der Waals surface area contributed by atoms with Crippen molar-refractivity contribution in [2.45, 2.75) is 19.8 Å². The highest BCUT2D eigenvalue weighted by Gasteiger charge is 2.12. The van der Waals surface area contributed by atoms with Crippen LogP contribution in [0.15, 0.2) is 30.6 Å². The van der Waals surface area contributed by atoms with E-state index in [4.69, 9.17) is 9.47 Å². The largest absolute Gasteiger partial charge is 0.497 e. The van der Waals surface area contributed by atoms with Gasteiger partial charge in [0.15, 0.2) is 0 Å². The van der Waals surface area contributed by atoms with E-state index in [2.05, 4.69) is 22.2 Å². The number of hydrogen-bond acceptors (Lipinski definition) is 6. The maximum atomic E-state index is 12.4. The first kappa shape index (κ1) is 18.5. The molecule has 2 aromatic rings. The van der Waals surface area contributed by atoms with Crippen LogP contribution >= 0.6 is 0 Å². The van der Waals surface area contributed by atoms with Crippen LogP contribution in [0.3, 0.4) is 0 Å². The van der Waals surface area contributed by atoms with Crippen LogP contribution in [0.1, 0.15) is 30.1 Å². The van der Waals surface area contributed by atoms with Crippen molar-refractivity contribution in [2.75, 3.05) is 38.0 Å². The van der Waals surface area contributed by atoms with Crippen molar-refractivity contribution in [2.24, 2.45) is 0 Å². The van der Waals surface area contributed by atoms with Crippen LogP contribution in [-0.2, 0) is 0 Å². The normalized spacial score (nSPS) is 10.2. The molecule has 0 spiro atoms. The summed E-state index contributed by atoms with van der Waals surface area (Å²) in [5.74, 6) is 1.47. The van der Waals surface area contributed by atoms with Crippen LogP contribution in [0.25, 0.3) is 0 Å². The topological polar surface area (TPSA) is 76.6 Å². The molecule has 0 aliphatic rings. The van der Waals surface area contributed by atoms with Crippen molar-refractivity contribution < 1.29 is 14.3 Å². The summed E-state index contributed by atoms with van der Waals surface area (Å²) < 4.78 is 10.4. The predicted octanol–water partition coefficient (Wildman–Crippen LogP) is 2.98. The number of hydrogen-bond donors (Lipinski definition) is 1. The van der Waals surface area contributed by atoms with E-state index in [0.717, 1.165) is 19.4 Å². The van der Waals surface area contributed by atoms with Gasteiger partial charge in [0.05, 0.1) is 25.5 Å². The lowest BCUT2D eigenvalue weighted by Gasteiger charge is -2.16. The fourth-order valence-electron chi connectivity index (χ4n) is 2.23. The minimum absolute atomic E-state index is 0.300. The minimum Gasteiger partial charge on any atom is -0.497 e.